The molecule has 0 aliphatic rings. The van der Waals surface area contributed by atoms with Crippen molar-refractivity contribution in [1.82, 2.24) is 0 Å². The molecule has 0 saturated carbocycles. The summed E-state index contributed by atoms with van der Waals surface area (Å²) in [6.07, 6.45) is 20.5. The van der Waals surface area contributed by atoms with Crippen molar-refractivity contribution in [3.05, 3.63) is 12.2 Å². The number of hydrogen-bond acceptors (Lipinski definition) is 2. The molecule has 0 fully saturated rings. The highest BCUT2D eigenvalue weighted by atomic mass is 16.5. The molecule has 0 rings (SSSR count). The molecular weight excluding hydrogens is 248 g/mol. The van der Waals surface area contributed by atoms with E-state index in [1.807, 2.05) is 0 Å². The van der Waals surface area contributed by atoms with Crippen LogP contribution in [0.4, 0.5) is 0 Å². The molecule has 0 bridgehead atoms. The SMILES string of the molecule is CCCCCCC/C=C\CCCCCCCC(=O)OC. The first-order valence-electron chi connectivity index (χ1n) is 8.53. The minimum Gasteiger partial charge on any atom is -0.469 e. The molecule has 0 aromatic heterocycles. The summed E-state index contributed by atoms with van der Waals surface area (Å²) in [5.74, 6) is -0.0770. The largest absolute Gasteiger partial charge is 0.469 e. The van der Waals surface area contributed by atoms with Crippen LogP contribution in [0.1, 0.15) is 90.4 Å². The van der Waals surface area contributed by atoms with E-state index < -0.39 is 0 Å². The molecule has 0 radical (unpaired) electrons. The number of unbranched alkanes of at least 4 members (excludes halogenated alkanes) is 10. The normalized spacial score (nSPS) is 11.1. The van der Waals surface area contributed by atoms with Crippen molar-refractivity contribution in [3.8, 4) is 0 Å². The number of rotatable bonds is 14. The highest BCUT2D eigenvalue weighted by molar-refractivity contribution is 5.68. The van der Waals surface area contributed by atoms with Crippen LogP contribution in [-0.2, 0) is 9.53 Å². The number of methoxy groups -OCH3 is 1. The lowest BCUT2D eigenvalue weighted by atomic mass is 10.1. The van der Waals surface area contributed by atoms with Crippen LogP contribution in [0.3, 0.4) is 0 Å². The molecule has 0 amide bonds. The third kappa shape index (κ3) is 15.3. The Labute approximate surface area is 126 Å². The van der Waals surface area contributed by atoms with Crippen molar-refractivity contribution in [2.75, 3.05) is 7.11 Å². The van der Waals surface area contributed by atoms with Crippen molar-refractivity contribution in [3.63, 3.8) is 0 Å². The number of carbonyl (C=O) groups excluding carboxylic acids is 1. The van der Waals surface area contributed by atoms with Crippen molar-refractivity contribution in [1.29, 1.82) is 0 Å². The molecule has 0 atom stereocenters. The third-order valence-electron chi connectivity index (χ3n) is 3.62. The van der Waals surface area contributed by atoms with E-state index in [0.717, 1.165) is 12.8 Å². The summed E-state index contributed by atoms with van der Waals surface area (Å²) in [5, 5.41) is 0. The lowest BCUT2D eigenvalue weighted by Crippen LogP contribution is -1.98. The van der Waals surface area contributed by atoms with Gasteiger partial charge in [-0.3, -0.25) is 4.79 Å². The molecule has 0 aliphatic carbocycles. The number of ether oxygens (including phenoxy) is 1. The Morgan fingerprint density at radius 3 is 1.85 bits per heavy atom. The van der Waals surface area contributed by atoms with E-state index in [2.05, 4.69) is 23.8 Å². The molecule has 0 N–H and O–H groups in total. The molecule has 0 aromatic rings. The molecule has 0 heterocycles. The van der Waals surface area contributed by atoms with Gasteiger partial charge >= 0.3 is 5.97 Å². The monoisotopic (exact) mass is 282 g/mol. The first-order chi connectivity index (χ1) is 9.81. The summed E-state index contributed by atoms with van der Waals surface area (Å²) < 4.78 is 4.62. The second kappa shape index (κ2) is 16.3. The fourth-order valence-electron chi connectivity index (χ4n) is 2.27. The standard InChI is InChI=1S/C18H34O2/c1-3-4-5-6-7-8-9-10-11-12-13-14-15-16-17-18(19)20-2/h9-10H,3-8,11-17H2,1-2H3/b10-9-. The van der Waals surface area contributed by atoms with Crippen LogP contribution >= 0.6 is 0 Å². The molecule has 2 nitrogen and oxygen atoms in total. The van der Waals surface area contributed by atoms with Gasteiger partial charge in [-0.05, 0) is 32.1 Å². The van der Waals surface area contributed by atoms with Gasteiger partial charge in [0.15, 0.2) is 0 Å². The molecular formula is C18H34O2. The average molecular weight is 282 g/mol. The van der Waals surface area contributed by atoms with Crippen LogP contribution < -0.4 is 0 Å². The summed E-state index contributed by atoms with van der Waals surface area (Å²) in [6.45, 7) is 2.26. The van der Waals surface area contributed by atoms with Crippen LogP contribution in [0, 0.1) is 0 Å². The number of esters is 1. The molecule has 2 heteroatoms. The average Bonchev–Trinajstić information content (AvgIpc) is 2.47. The molecule has 118 valence electrons. The van der Waals surface area contributed by atoms with Crippen molar-refractivity contribution < 1.29 is 9.53 Å². The quantitative estimate of drug-likeness (QED) is 0.228. The highest BCUT2D eigenvalue weighted by Crippen LogP contribution is 2.09. The van der Waals surface area contributed by atoms with Crippen molar-refractivity contribution in [2.24, 2.45) is 0 Å². The van der Waals surface area contributed by atoms with E-state index in [4.69, 9.17) is 0 Å². The maximum absolute atomic E-state index is 10.9. The number of allylic oxidation sites excluding steroid dienone is 2. The predicted molar refractivity (Wildman–Crippen MR) is 86.9 cm³/mol. The smallest absolute Gasteiger partial charge is 0.305 e. The number of carbonyl (C=O) groups is 1. The van der Waals surface area contributed by atoms with Crippen molar-refractivity contribution >= 4 is 5.97 Å². The Hall–Kier alpha value is -0.790. The topological polar surface area (TPSA) is 26.3 Å². The summed E-state index contributed by atoms with van der Waals surface area (Å²) >= 11 is 0. The van der Waals surface area contributed by atoms with E-state index in [-0.39, 0.29) is 5.97 Å². The van der Waals surface area contributed by atoms with Crippen LogP contribution in [0.15, 0.2) is 12.2 Å². The zero-order valence-electron chi connectivity index (χ0n) is 13.7. The summed E-state index contributed by atoms with van der Waals surface area (Å²) in [5.41, 5.74) is 0. The third-order valence-corrected chi connectivity index (χ3v) is 3.62. The molecule has 0 aliphatic heterocycles. The van der Waals surface area contributed by atoms with E-state index in [1.165, 1.54) is 71.3 Å². The Morgan fingerprint density at radius 1 is 0.800 bits per heavy atom. The highest BCUT2D eigenvalue weighted by Gasteiger charge is 1.98. The first-order valence-corrected chi connectivity index (χ1v) is 8.53. The van der Waals surface area contributed by atoms with Gasteiger partial charge in [-0.25, -0.2) is 0 Å². The van der Waals surface area contributed by atoms with E-state index in [1.54, 1.807) is 0 Å². The summed E-state index contributed by atoms with van der Waals surface area (Å²) in [4.78, 5) is 10.9. The molecule has 0 unspecified atom stereocenters. The van der Waals surface area contributed by atoms with E-state index in [0.29, 0.717) is 6.42 Å². The Kier molecular flexibility index (Phi) is 15.6. The minimum absolute atomic E-state index is 0.0770. The molecule has 0 spiro atoms. The van der Waals surface area contributed by atoms with Crippen LogP contribution in [-0.4, -0.2) is 13.1 Å². The molecule has 0 saturated heterocycles. The lowest BCUT2D eigenvalue weighted by Gasteiger charge is -2.00. The van der Waals surface area contributed by atoms with Crippen LogP contribution in [0.5, 0.6) is 0 Å². The van der Waals surface area contributed by atoms with Crippen LogP contribution in [0.2, 0.25) is 0 Å². The van der Waals surface area contributed by atoms with Gasteiger partial charge in [0, 0.05) is 6.42 Å². The predicted octanol–water partition coefficient (Wildman–Crippen LogP) is 5.81. The fraction of sp³-hybridized carbons (Fsp3) is 0.833. The van der Waals surface area contributed by atoms with Gasteiger partial charge in [-0.15, -0.1) is 0 Å². The first kappa shape index (κ1) is 19.2. The van der Waals surface area contributed by atoms with Gasteiger partial charge in [0.1, 0.15) is 0 Å². The summed E-state index contributed by atoms with van der Waals surface area (Å²) in [7, 11) is 1.46. The molecule has 0 aromatic carbocycles. The van der Waals surface area contributed by atoms with Gasteiger partial charge in [0.25, 0.3) is 0 Å². The van der Waals surface area contributed by atoms with Gasteiger partial charge < -0.3 is 4.74 Å². The Morgan fingerprint density at radius 2 is 1.30 bits per heavy atom. The van der Waals surface area contributed by atoms with Gasteiger partial charge in [-0.2, -0.15) is 0 Å². The zero-order chi connectivity index (χ0) is 14.9. The molecule has 20 heavy (non-hydrogen) atoms. The maximum Gasteiger partial charge on any atom is 0.305 e. The van der Waals surface area contributed by atoms with E-state index >= 15 is 0 Å². The lowest BCUT2D eigenvalue weighted by molar-refractivity contribution is -0.140. The fourth-order valence-corrected chi connectivity index (χ4v) is 2.27. The van der Waals surface area contributed by atoms with Crippen LogP contribution in [0.25, 0.3) is 0 Å². The van der Waals surface area contributed by atoms with E-state index in [9.17, 15) is 4.79 Å². The minimum atomic E-state index is -0.0770. The van der Waals surface area contributed by atoms with Gasteiger partial charge in [0.05, 0.1) is 7.11 Å². The van der Waals surface area contributed by atoms with Gasteiger partial charge in [0.2, 0.25) is 0 Å². The Bertz CT molecular complexity index is 234. The van der Waals surface area contributed by atoms with Gasteiger partial charge in [-0.1, -0.05) is 64.0 Å². The second-order valence-electron chi connectivity index (χ2n) is 5.56. The maximum atomic E-state index is 10.9. The second-order valence-corrected chi connectivity index (χ2v) is 5.56. The van der Waals surface area contributed by atoms with Crippen molar-refractivity contribution in [2.45, 2.75) is 90.4 Å². The summed E-state index contributed by atoms with van der Waals surface area (Å²) in [6, 6.07) is 0. The number of hydrogen-bond donors (Lipinski definition) is 0. The zero-order valence-corrected chi connectivity index (χ0v) is 13.7. The Balaban J connectivity index is 3.10.